The van der Waals surface area contributed by atoms with E-state index in [1.54, 1.807) is 0 Å². The molecular weight excluding hydrogens is 376 g/mol. The molecule has 0 bridgehead atoms. The Bertz CT molecular complexity index is 951. The zero-order valence-electron chi connectivity index (χ0n) is 17.2. The highest BCUT2D eigenvalue weighted by Gasteiger charge is 2.27. The van der Waals surface area contributed by atoms with Gasteiger partial charge < -0.3 is 0 Å². The van der Waals surface area contributed by atoms with E-state index < -0.39 is 14.9 Å². The SMILES string of the molecule is CC(C)c1cc(C(C)C)c(S(=O)(=O)Nc2cccc([N+](=O)[O-])c2)c(C(C)C)c1. The van der Waals surface area contributed by atoms with Gasteiger partial charge >= 0.3 is 0 Å². The third-order valence-corrected chi connectivity index (χ3v) is 6.17. The number of rotatable bonds is 7. The minimum absolute atomic E-state index is 0.00730. The van der Waals surface area contributed by atoms with Crippen LogP contribution in [0, 0.1) is 10.1 Å². The lowest BCUT2D eigenvalue weighted by atomic mass is 9.89. The molecule has 0 spiro atoms. The number of hydrogen-bond acceptors (Lipinski definition) is 4. The van der Waals surface area contributed by atoms with Crippen molar-refractivity contribution in [1.82, 2.24) is 0 Å². The molecule has 0 atom stereocenters. The highest BCUT2D eigenvalue weighted by molar-refractivity contribution is 7.92. The molecule has 2 aromatic carbocycles. The van der Waals surface area contributed by atoms with Gasteiger partial charge in [-0.15, -0.1) is 0 Å². The van der Waals surface area contributed by atoms with Crippen LogP contribution in [0.25, 0.3) is 0 Å². The van der Waals surface area contributed by atoms with Gasteiger partial charge in [0.25, 0.3) is 15.7 Å². The lowest BCUT2D eigenvalue weighted by Gasteiger charge is -2.23. The maximum Gasteiger partial charge on any atom is 0.271 e. The summed E-state index contributed by atoms with van der Waals surface area (Å²) in [7, 11) is -3.92. The van der Waals surface area contributed by atoms with E-state index in [1.165, 1.54) is 24.3 Å². The molecule has 0 aromatic heterocycles. The summed E-state index contributed by atoms with van der Waals surface area (Å²) in [5.74, 6) is 0.289. The van der Waals surface area contributed by atoms with Gasteiger partial charge in [-0.1, -0.05) is 59.7 Å². The Morgan fingerprint density at radius 3 is 1.86 bits per heavy atom. The van der Waals surface area contributed by atoms with Crippen molar-refractivity contribution in [3.63, 3.8) is 0 Å². The number of benzene rings is 2. The summed E-state index contributed by atoms with van der Waals surface area (Å²) in [4.78, 5) is 10.7. The van der Waals surface area contributed by atoms with Gasteiger partial charge in [0, 0.05) is 12.1 Å². The lowest BCUT2D eigenvalue weighted by molar-refractivity contribution is -0.384. The summed E-state index contributed by atoms with van der Waals surface area (Å²) in [5.41, 5.74) is 2.62. The van der Waals surface area contributed by atoms with E-state index >= 15 is 0 Å². The van der Waals surface area contributed by atoms with Crippen LogP contribution >= 0.6 is 0 Å². The van der Waals surface area contributed by atoms with Gasteiger partial charge in [-0.05, 0) is 40.5 Å². The van der Waals surface area contributed by atoms with Crippen LogP contribution in [0.5, 0.6) is 0 Å². The summed E-state index contributed by atoms with van der Waals surface area (Å²) >= 11 is 0. The number of nitrogens with one attached hydrogen (secondary N) is 1. The van der Waals surface area contributed by atoms with Gasteiger partial charge in [-0.2, -0.15) is 0 Å². The second kappa shape index (κ2) is 8.31. The molecule has 0 radical (unpaired) electrons. The standard InChI is InChI=1S/C21H28N2O4S/c1-13(2)16-10-19(14(3)4)21(20(11-16)15(5)6)28(26,27)22-17-8-7-9-18(12-17)23(24)25/h7-15,22H,1-6H3. The third-order valence-electron chi connectivity index (χ3n) is 4.66. The van der Waals surface area contributed by atoms with E-state index in [-0.39, 0.29) is 34.0 Å². The maximum absolute atomic E-state index is 13.3. The van der Waals surface area contributed by atoms with Crippen molar-refractivity contribution in [2.75, 3.05) is 4.72 Å². The van der Waals surface area contributed by atoms with Crippen molar-refractivity contribution in [3.05, 3.63) is 63.2 Å². The molecule has 0 aliphatic rings. The average Bonchev–Trinajstić information content (AvgIpc) is 2.60. The minimum Gasteiger partial charge on any atom is -0.279 e. The Hall–Kier alpha value is -2.41. The molecule has 0 amide bonds. The zero-order chi connectivity index (χ0) is 21.2. The van der Waals surface area contributed by atoms with Crippen LogP contribution in [-0.4, -0.2) is 13.3 Å². The van der Waals surface area contributed by atoms with Crippen molar-refractivity contribution in [2.24, 2.45) is 0 Å². The van der Waals surface area contributed by atoms with Crippen molar-refractivity contribution < 1.29 is 13.3 Å². The van der Waals surface area contributed by atoms with Gasteiger partial charge in [0.05, 0.1) is 15.5 Å². The van der Waals surface area contributed by atoms with Crippen LogP contribution in [0.15, 0.2) is 41.3 Å². The third kappa shape index (κ3) is 4.70. The Morgan fingerprint density at radius 2 is 1.43 bits per heavy atom. The first-order valence-corrected chi connectivity index (χ1v) is 10.9. The quantitative estimate of drug-likeness (QED) is 0.469. The molecule has 2 aromatic rings. The minimum atomic E-state index is -3.92. The van der Waals surface area contributed by atoms with Crippen molar-refractivity contribution in [2.45, 2.75) is 64.2 Å². The highest BCUT2D eigenvalue weighted by atomic mass is 32.2. The molecule has 7 heteroatoms. The molecule has 0 heterocycles. The van der Waals surface area contributed by atoms with E-state index in [0.29, 0.717) is 0 Å². The summed E-state index contributed by atoms with van der Waals surface area (Å²) in [6.07, 6.45) is 0. The van der Waals surface area contributed by atoms with Crippen LogP contribution in [0.4, 0.5) is 11.4 Å². The Labute approximate surface area is 167 Å². The Kier molecular flexibility index (Phi) is 6.49. The van der Waals surface area contributed by atoms with E-state index in [9.17, 15) is 18.5 Å². The van der Waals surface area contributed by atoms with Crippen LogP contribution < -0.4 is 4.72 Å². The summed E-state index contributed by atoms with van der Waals surface area (Å²) in [5, 5.41) is 11.0. The monoisotopic (exact) mass is 404 g/mol. The molecule has 6 nitrogen and oxygen atoms in total. The largest absolute Gasteiger partial charge is 0.279 e. The first-order valence-electron chi connectivity index (χ1n) is 9.39. The molecule has 152 valence electrons. The van der Waals surface area contributed by atoms with Gasteiger partial charge in [-0.3, -0.25) is 14.8 Å². The van der Waals surface area contributed by atoms with Crippen molar-refractivity contribution in [3.8, 4) is 0 Å². The number of hydrogen-bond donors (Lipinski definition) is 1. The van der Waals surface area contributed by atoms with Gasteiger partial charge in [0.1, 0.15) is 0 Å². The van der Waals surface area contributed by atoms with E-state index in [2.05, 4.69) is 18.6 Å². The number of nitrogens with zero attached hydrogens (tertiary/aromatic N) is 1. The average molecular weight is 405 g/mol. The zero-order valence-corrected chi connectivity index (χ0v) is 18.0. The summed E-state index contributed by atoms with van der Waals surface area (Å²) in [6, 6.07) is 9.45. The highest BCUT2D eigenvalue weighted by Crippen LogP contribution is 2.36. The van der Waals surface area contributed by atoms with E-state index in [0.717, 1.165) is 16.7 Å². The van der Waals surface area contributed by atoms with Crippen LogP contribution in [0.3, 0.4) is 0 Å². The van der Waals surface area contributed by atoms with E-state index in [4.69, 9.17) is 0 Å². The van der Waals surface area contributed by atoms with Crippen molar-refractivity contribution in [1.29, 1.82) is 0 Å². The number of anilines is 1. The molecule has 1 N–H and O–H groups in total. The summed E-state index contributed by atoms with van der Waals surface area (Å²) in [6.45, 7) is 12.0. The maximum atomic E-state index is 13.3. The van der Waals surface area contributed by atoms with Gasteiger partial charge in [-0.25, -0.2) is 8.42 Å². The molecule has 2 rings (SSSR count). The second-order valence-electron chi connectivity index (χ2n) is 7.91. The molecule has 0 saturated carbocycles. The molecule has 0 aliphatic heterocycles. The first-order chi connectivity index (χ1) is 12.9. The molecule has 28 heavy (non-hydrogen) atoms. The van der Waals surface area contributed by atoms with E-state index in [1.807, 2.05) is 39.8 Å². The predicted octanol–water partition coefficient (Wildman–Crippen LogP) is 5.77. The fourth-order valence-electron chi connectivity index (χ4n) is 3.09. The molecule has 0 fully saturated rings. The second-order valence-corrected chi connectivity index (χ2v) is 9.52. The predicted molar refractivity (Wildman–Crippen MR) is 113 cm³/mol. The number of nitro benzene ring substituents is 1. The van der Waals surface area contributed by atoms with Crippen LogP contribution in [-0.2, 0) is 10.0 Å². The fraction of sp³-hybridized carbons (Fsp3) is 0.429. The molecule has 0 aliphatic carbocycles. The number of sulfonamides is 1. The van der Waals surface area contributed by atoms with Crippen LogP contribution in [0.1, 0.15) is 76.0 Å². The van der Waals surface area contributed by atoms with Crippen LogP contribution in [0.2, 0.25) is 0 Å². The Morgan fingerprint density at radius 1 is 0.893 bits per heavy atom. The summed E-state index contributed by atoms with van der Waals surface area (Å²) < 4.78 is 29.2. The molecule has 0 unspecified atom stereocenters. The first kappa shape index (κ1) is 21.9. The fourth-order valence-corrected chi connectivity index (χ4v) is 4.84. The molecule has 0 saturated heterocycles. The normalized spacial score (nSPS) is 12.0. The van der Waals surface area contributed by atoms with Gasteiger partial charge in [0.15, 0.2) is 0 Å². The number of nitro groups is 1. The topological polar surface area (TPSA) is 89.3 Å². The van der Waals surface area contributed by atoms with Gasteiger partial charge in [0.2, 0.25) is 0 Å². The Balaban J connectivity index is 2.66. The molecular formula is C21H28N2O4S. The lowest BCUT2D eigenvalue weighted by Crippen LogP contribution is -2.19. The smallest absolute Gasteiger partial charge is 0.271 e. The van der Waals surface area contributed by atoms with Crippen molar-refractivity contribution >= 4 is 21.4 Å². The number of non-ortho nitro benzene ring substituents is 1.